The molecule has 0 atom stereocenters. The third-order valence-electron chi connectivity index (χ3n) is 4.41. The number of ether oxygens (including phenoxy) is 3. The molecule has 2 aromatic heterocycles. The first-order chi connectivity index (χ1) is 16.4. The van der Waals surface area contributed by atoms with Crippen LogP contribution >= 0.6 is 15.9 Å². The van der Waals surface area contributed by atoms with Gasteiger partial charge in [0.2, 0.25) is 5.88 Å². The molecule has 0 N–H and O–H groups in total. The van der Waals surface area contributed by atoms with Crippen LogP contribution in [-0.4, -0.2) is 33.3 Å². The number of rotatable bonds is 7. The number of pyridine rings is 1. The van der Waals surface area contributed by atoms with Gasteiger partial charge in [0.15, 0.2) is 29.7 Å². The van der Waals surface area contributed by atoms with E-state index in [2.05, 4.69) is 20.9 Å². The molecule has 0 saturated carbocycles. The zero-order valence-corrected chi connectivity index (χ0v) is 19.6. The van der Waals surface area contributed by atoms with Crippen molar-refractivity contribution < 1.29 is 36.6 Å². The lowest BCUT2D eigenvalue weighted by atomic mass is 10.3. The van der Waals surface area contributed by atoms with Crippen molar-refractivity contribution in [1.29, 1.82) is 0 Å². The maximum absolute atomic E-state index is 14.7. The lowest BCUT2D eigenvalue weighted by Crippen LogP contribution is -2.41. The largest absolute Gasteiger partial charge is 0.478 e. The third kappa shape index (κ3) is 5.70. The number of esters is 1. The number of para-hydroxylation sites is 2. The zero-order valence-electron chi connectivity index (χ0n) is 18.1. The van der Waals surface area contributed by atoms with Crippen LogP contribution in [0.2, 0.25) is 0 Å². The van der Waals surface area contributed by atoms with Gasteiger partial charge in [-0.3, -0.25) is 9.36 Å². The molecule has 0 aliphatic rings. The van der Waals surface area contributed by atoms with Gasteiger partial charge >= 0.3 is 17.8 Å². The van der Waals surface area contributed by atoms with E-state index in [1.165, 1.54) is 12.1 Å². The Labute approximate surface area is 202 Å². The Morgan fingerprint density at radius 1 is 1.14 bits per heavy atom. The molecular weight excluding hydrogens is 546 g/mol. The summed E-state index contributed by atoms with van der Waals surface area (Å²) >= 11 is 3.05. The van der Waals surface area contributed by atoms with Crippen molar-refractivity contribution in [2.75, 3.05) is 13.2 Å². The predicted octanol–water partition coefficient (Wildman–Crippen LogP) is 3.59. The van der Waals surface area contributed by atoms with Crippen molar-refractivity contribution in [1.82, 2.24) is 14.1 Å². The Bertz CT molecular complexity index is 1390. The molecule has 1 aromatic carbocycles. The lowest BCUT2D eigenvalue weighted by molar-refractivity contribution is -0.145. The van der Waals surface area contributed by atoms with Crippen molar-refractivity contribution in [3.8, 4) is 23.2 Å². The van der Waals surface area contributed by atoms with E-state index >= 15 is 0 Å². The smallest absolute Gasteiger partial charge is 0.431 e. The Morgan fingerprint density at radius 3 is 2.43 bits per heavy atom. The van der Waals surface area contributed by atoms with Gasteiger partial charge in [0.25, 0.3) is 5.56 Å². The van der Waals surface area contributed by atoms with Gasteiger partial charge in [0.1, 0.15) is 5.69 Å². The number of nitrogens with zero attached hydrogens (tertiary/aromatic N) is 3. The molecule has 0 aliphatic heterocycles. The minimum absolute atomic E-state index is 0.0234. The number of halogens is 5. The summed E-state index contributed by atoms with van der Waals surface area (Å²) < 4.78 is 70.1. The highest BCUT2D eigenvalue weighted by Gasteiger charge is 2.35. The van der Waals surface area contributed by atoms with Crippen LogP contribution in [-0.2, 0) is 22.8 Å². The molecule has 2 heterocycles. The van der Waals surface area contributed by atoms with Crippen LogP contribution < -0.4 is 20.7 Å². The summed E-state index contributed by atoms with van der Waals surface area (Å²) in [7, 11) is 0.784. The van der Waals surface area contributed by atoms with E-state index in [9.17, 15) is 31.9 Å². The van der Waals surface area contributed by atoms with E-state index in [-0.39, 0.29) is 43.7 Å². The maximum Gasteiger partial charge on any atom is 0.431 e. The van der Waals surface area contributed by atoms with Gasteiger partial charge in [0.05, 0.1) is 11.1 Å². The Kier molecular flexibility index (Phi) is 7.63. The third-order valence-corrected chi connectivity index (χ3v) is 4.98. The van der Waals surface area contributed by atoms with Crippen molar-refractivity contribution >= 4 is 21.9 Å². The van der Waals surface area contributed by atoms with E-state index in [1.54, 1.807) is 19.1 Å². The van der Waals surface area contributed by atoms with Crippen LogP contribution in [0.15, 0.2) is 50.5 Å². The van der Waals surface area contributed by atoms with Gasteiger partial charge in [-0.05, 0) is 41.1 Å². The maximum atomic E-state index is 14.7. The van der Waals surface area contributed by atoms with Gasteiger partial charge < -0.3 is 14.2 Å². The Hall–Kier alpha value is -3.68. The van der Waals surface area contributed by atoms with Gasteiger partial charge in [-0.15, -0.1) is 0 Å². The first-order valence-corrected chi connectivity index (χ1v) is 10.5. The van der Waals surface area contributed by atoms with Crippen LogP contribution in [0.3, 0.4) is 0 Å². The van der Waals surface area contributed by atoms with Crippen molar-refractivity contribution in [3.63, 3.8) is 0 Å². The second-order valence-corrected chi connectivity index (χ2v) is 7.62. The van der Waals surface area contributed by atoms with Gasteiger partial charge in [0, 0.05) is 13.1 Å². The highest BCUT2D eigenvalue weighted by Crippen LogP contribution is 2.35. The van der Waals surface area contributed by atoms with Crippen molar-refractivity contribution in [2.24, 2.45) is 7.05 Å². The average Bonchev–Trinajstić information content (AvgIpc) is 2.78. The molecule has 0 aliphatic carbocycles. The van der Waals surface area contributed by atoms with Crippen LogP contribution in [0.25, 0.3) is 5.82 Å². The van der Waals surface area contributed by atoms with Crippen molar-refractivity contribution in [2.45, 2.75) is 13.1 Å². The molecule has 0 radical (unpaired) electrons. The normalized spacial score (nSPS) is 11.3. The van der Waals surface area contributed by atoms with Crippen LogP contribution in [0.5, 0.6) is 17.4 Å². The highest BCUT2D eigenvalue weighted by molar-refractivity contribution is 9.10. The molecule has 3 aromatic rings. The number of carbonyl (C=O) groups is 1. The van der Waals surface area contributed by atoms with Crippen molar-refractivity contribution in [3.05, 3.63) is 73.2 Å². The summed E-state index contributed by atoms with van der Waals surface area (Å²) in [5.41, 5.74) is -4.42. The van der Waals surface area contributed by atoms with Gasteiger partial charge in [-0.2, -0.15) is 18.2 Å². The van der Waals surface area contributed by atoms with E-state index in [0.717, 1.165) is 13.1 Å². The molecule has 0 unspecified atom stereocenters. The molecular formula is C21H16BrF4N3O6. The van der Waals surface area contributed by atoms with Crippen LogP contribution in [0.4, 0.5) is 17.6 Å². The summed E-state index contributed by atoms with van der Waals surface area (Å²) in [4.78, 5) is 40.3. The van der Waals surface area contributed by atoms with Gasteiger partial charge in [-0.1, -0.05) is 12.1 Å². The van der Waals surface area contributed by atoms with E-state index in [1.807, 2.05) is 0 Å². The fourth-order valence-electron chi connectivity index (χ4n) is 2.86. The zero-order chi connectivity index (χ0) is 25.9. The first-order valence-electron chi connectivity index (χ1n) is 9.76. The number of benzene rings is 1. The van der Waals surface area contributed by atoms with E-state index < -0.39 is 47.3 Å². The lowest BCUT2D eigenvalue weighted by Gasteiger charge is -2.15. The molecule has 14 heteroatoms. The average molecular weight is 562 g/mol. The standard InChI is InChI=1S/C21H16BrF4N3O6/c1-3-33-17(31)10-34-13-6-4-5-7-14(13)35-19-11(22)8-12(23)18(27-19)29-16(30)9-15(21(24,25)26)28(2)20(29)32/h4-9H,3,10H2,1-2H3. The second-order valence-electron chi connectivity index (χ2n) is 6.77. The van der Waals surface area contributed by atoms with Crippen LogP contribution in [0, 0.1) is 5.82 Å². The predicted molar refractivity (Wildman–Crippen MR) is 116 cm³/mol. The molecule has 0 spiro atoms. The van der Waals surface area contributed by atoms with Gasteiger partial charge in [-0.25, -0.2) is 18.5 Å². The number of hydrogen-bond acceptors (Lipinski definition) is 7. The second kappa shape index (κ2) is 10.3. The summed E-state index contributed by atoms with van der Waals surface area (Å²) in [6.45, 7) is 1.34. The minimum atomic E-state index is -4.99. The molecule has 35 heavy (non-hydrogen) atoms. The number of alkyl halides is 3. The monoisotopic (exact) mass is 561 g/mol. The fourth-order valence-corrected chi connectivity index (χ4v) is 3.23. The Morgan fingerprint density at radius 2 is 1.80 bits per heavy atom. The quantitative estimate of drug-likeness (QED) is 0.321. The first kappa shape index (κ1) is 25.9. The summed E-state index contributed by atoms with van der Waals surface area (Å²) in [5.74, 6) is -2.94. The minimum Gasteiger partial charge on any atom is -0.478 e. The van der Waals surface area contributed by atoms with Crippen LogP contribution in [0.1, 0.15) is 12.6 Å². The SMILES string of the molecule is CCOC(=O)COc1ccccc1Oc1nc(-n2c(=O)cc(C(F)(F)F)n(C)c2=O)c(F)cc1Br. The van der Waals surface area contributed by atoms with E-state index in [4.69, 9.17) is 14.2 Å². The highest BCUT2D eigenvalue weighted by atomic mass is 79.9. The molecule has 9 nitrogen and oxygen atoms in total. The summed E-state index contributed by atoms with van der Waals surface area (Å²) in [6, 6.07) is 7.01. The molecule has 0 amide bonds. The molecule has 3 rings (SSSR count). The summed E-state index contributed by atoms with van der Waals surface area (Å²) in [5, 5.41) is 0. The fraction of sp³-hybridized carbons (Fsp3) is 0.238. The van der Waals surface area contributed by atoms with E-state index in [0.29, 0.717) is 0 Å². The topological polar surface area (TPSA) is 102 Å². The molecule has 186 valence electrons. The summed E-state index contributed by atoms with van der Waals surface area (Å²) in [6.07, 6.45) is -4.99. The molecule has 0 fully saturated rings. The number of hydrogen-bond donors (Lipinski definition) is 0. The molecule has 0 bridgehead atoms. The molecule has 0 saturated heterocycles. The number of carbonyl (C=O) groups excluding carboxylic acids is 1. The Balaban J connectivity index is 2.05. The number of aromatic nitrogens is 3.